The summed E-state index contributed by atoms with van der Waals surface area (Å²) < 4.78 is 11.4. The molecule has 3 heterocycles. The van der Waals surface area contributed by atoms with Crippen molar-refractivity contribution in [2.24, 2.45) is 4.99 Å². The Bertz CT molecular complexity index is 724. The van der Waals surface area contributed by atoms with Crippen molar-refractivity contribution in [2.45, 2.75) is 69.9 Å². The number of aliphatic imine (C=N–C) groups is 1. The Morgan fingerprint density at radius 2 is 2.17 bits per heavy atom. The number of halogens is 1. The zero-order valence-corrected chi connectivity index (χ0v) is 19.2. The molecule has 3 N–H and O–H groups in total. The van der Waals surface area contributed by atoms with Gasteiger partial charge in [0.05, 0.1) is 24.8 Å². The number of nitrogens with zero attached hydrogens (tertiary/aromatic N) is 1. The molecular weight excluding hydrogens is 483 g/mol. The summed E-state index contributed by atoms with van der Waals surface area (Å²) in [4.78, 5) is 17.0. The topological polar surface area (TPSA) is 84.0 Å². The van der Waals surface area contributed by atoms with Gasteiger partial charge < -0.3 is 25.4 Å². The SMILES string of the molecule is CCNC(=NCc1cccc(NC(=O)C2CCCO2)c1)NC1CC2CCC1O2.I. The van der Waals surface area contributed by atoms with E-state index in [1.54, 1.807) is 0 Å². The van der Waals surface area contributed by atoms with Crippen LogP contribution in [-0.2, 0) is 20.8 Å². The molecular formula is C21H31IN4O3. The summed E-state index contributed by atoms with van der Waals surface area (Å²) in [7, 11) is 0. The molecule has 0 spiro atoms. The molecule has 1 amide bonds. The first kappa shape index (κ1) is 22.3. The number of rotatable bonds is 6. The van der Waals surface area contributed by atoms with E-state index < -0.39 is 0 Å². The molecule has 1 aromatic rings. The van der Waals surface area contributed by atoms with E-state index in [4.69, 9.17) is 14.5 Å². The number of guanidine groups is 1. The van der Waals surface area contributed by atoms with Gasteiger partial charge in [0.1, 0.15) is 6.10 Å². The summed E-state index contributed by atoms with van der Waals surface area (Å²) in [5.41, 5.74) is 1.83. The molecule has 0 aliphatic carbocycles. The quantitative estimate of drug-likeness (QED) is 0.309. The fourth-order valence-corrected chi connectivity index (χ4v) is 4.21. The van der Waals surface area contributed by atoms with Crippen LogP contribution >= 0.6 is 24.0 Å². The molecule has 7 nitrogen and oxygen atoms in total. The molecule has 3 aliphatic rings. The van der Waals surface area contributed by atoms with Crippen LogP contribution in [0.15, 0.2) is 29.3 Å². The minimum absolute atomic E-state index is 0. The van der Waals surface area contributed by atoms with Gasteiger partial charge in [-0.2, -0.15) is 0 Å². The largest absolute Gasteiger partial charge is 0.373 e. The average molecular weight is 514 g/mol. The van der Waals surface area contributed by atoms with Crippen molar-refractivity contribution in [2.75, 3.05) is 18.5 Å². The number of hydrogen-bond donors (Lipinski definition) is 3. The van der Waals surface area contributed by atoms with E-state index in [2.05, 4.69) is 22.9 Å². The van der Waals surface area contributed by atoms with E-state index in [0.29, 0.717) is 31.4 Å². The Morgan fingerprint density at radius 1 is 1.28 bits per heavy atom. The molecule has 4 rings (SSSR count). The maximum Gasteiger partial charge on any atom is 0.253 e. The van der Waals surface area contributed by atoms with Crippen LogP contribution in [0.2, 0.25) is 0 Å². The van der Waals surface area contributed by atoms with Crippen molar-refractivity contribution in [3.05, 3.63) is 29.8 Å². The van der Waals surface area contributed by atoms with Crippen molar-refractivity contribution in [1.29, 1.82) is 0 Å². The van der Waals surface area contributed by atoms with Gasteiger partial charge in [-0.25, -0.2) is 4.99 Å². The first-order chi connectivity index (χ1) is 13.7. The molecule has 3 fully saturated rings. The number of hydrogen-bond acceptors (Lipinski definition) is 4. The van der Waals surface area contributed by atoms with Crippen molar-refractivity contribution >= 4 is 41.5 Å². The molecule has 1 aromatic carbocycles. The van der Waals surface area contributed by atoms with Gasteiger partial charge in [0.25, 0.3) is 5.91 Å². The third kappa shape index (κ3) is 5.82. The second-order valence-corrected chi connectivity index (χ2v) is 7.75. The normalized spacial score (nSPS) is 28.1. The summed E-state index contributed by atoms with van der Waals surface area (Å²) >= 11 is 0. The Balaban J connectivity index is 0.00000240. The van der Waals surface area contributed by atoms with Crippen LogP contribution in [0.1, 0.15) is 44.6 Å². The first-order valence-corrected chi connectivity index (χ1v) is 10.4. The van der Waals surface area contributed by atoms with Gasteiger partial charge in [-0.05, 0) is 56.7 Å². The molecule has 4 unspecified atom stereocenters. The van der Waals surface area contributed by atoms with Crippen molar-refractivity contribution in [1.82, 2.24) is 10.6 Å². The summed E-state index contributed by atoms with van der Waals surface area (Å²) in [5.74, 6) is 0.752. The lowest BCUT2D eigenvalue weighted by Gasteiger charge is -2.22. The highest BCUT2D eigenvalue weighted by atomic mass is 127. The number of carbonyl (C=O) groups excluding carboxylic acids is 1. The number of nitrogens with one attached hydrogen (secondary N) is 3. The van der Waals surface area contributed by atoms with Crippen molar-refractivity contribution in [3.8, 4) is 0 Å². The van der Waals surface area contributed by atoms with Gasteiger partial charge in [0.15, 0.2) is 5.96 Å². The second kappa shape index (κ2) is 10.6. The Labute approximate surface area is 189 Å². The lowest BCUT2D eigenvalue weighted by atomic mass is 9.96. The van der Waals surface area contributed by atoms with Gasteiger partial charge in [-0.15, -0.1) is 24.0 Å². The highest BCUT2D eigenvalue weighted by Crippen LogP contribution is 2.34. The first-order valence-electron chi connectivity index (χ1n) is 10.4. The maximum absolute atomic E-state index is 12.2. The third-order valence-corrected chi connectivity index (χ3v) is 5.61. The van der Waals surface area contributed by atoms with E-state index >= 15 is 0 Å². The molecule has 0 aromatic heterocycles. The van der Waals surface area contributed by atoms with Crippen molar-refractivity contribution < 1.29 is 14.3 Å². The van der Waals surface area contributed by atoms with Gasteiger partial charge in [0, 0.05) is 18.8 Å². The fraction of sp³-hybridized carbons (Fsp3) is 0.619. The fourth-order valence-electron chi connectivity index (χ4n) is 4.21. The van der Waals surface area contributed by atoms with Crippen LogP contribution in [0.5, 0.6) is 0 Å². The van der Waals surface area contributed by atoms with E-state index in [9.17, 15) is 4.79 Å². The zero-order chi connectivity index (χ0) is 19.3. The number of benzene rings is 1. The third-order valence-electron chi connectivity index (χ3n) is 5.61. The van der Waals surface area contributed by atoms with Crippen LogP contribution in [0.3, 0.4) is 0 Å². The molecule has 29 heavy (non-hydrogen) atoms. The molecule has 3 aliphatic heterocycles. The summed E-state index contributed by atoms with van der Waals surface area (Å²) in [5, 5.41) is 9.80. The molecule has 4 atom stereocenters. The summed E-state index contributed by atoms with van der Waals surface area (Å²) in [6.07, 6.45) is 5.51. The van der Waals surface area contributed by atoms with Gasteiger partial charge in [0.2, 0.25) is 0 Å². The molecule has 160 valence electrons. The average Bonchev–Trinajstić information content (AvgIpc) is 3.44. The van der Waals surface area contributed by atoms with E-state index in [1.807, 2.05) is 24.3 Å². The summed E-state index contributed by atoms with van der Waals surface area (Å²) in [6.45, 7) is 4.09. The van der Waals surface area contributed by atoms with Gasteiger partial charge in [-0.3, -0.25) is 4.79 Å². The van der Waals surface area contributed by atoms with Crippen LogP contribution in [0.4, 0.5) is 5.69 Å². The Kier molecular flexibility index (Phi) is 8.14. The minimum atomic E-state index is -0.324. The highest BCUT2D eigenvalue weighted by Gasteiger charge is 2.41. The molecule has 8 heteroatoms. The minimum Gasteiger partial charge on any atom is -0.373 e. The predicted octanol–water partition coefficient (Wildman–Crippen LogP) is 2.80. The number of anilines is 1. The summed E-state index contributed by atoms with van der Waals surface area (Å²) in [6, 6.07) is 8.18. The van der Waals surface area contributed by atoms with E-state index in [0.717, 1.165) is 49.4 Å². The molecule has 0 saturated carbocycles. The van der Waals surface area contributed by atoms with Crippen LogP contribution in [0.25, 0.3) is 0 Å². The predicted molar refractivity (Wildman–Crippen MR) is 124 cm³/mol. The molecule has 2 bridgehead atoms. The van der Waals surface area contributed by atoms with Crippen LogP contribution in [0, 0.1) is 0 Å². The number of ether oxygens (including phenoxy) is 2. The molecule has 3 saturated heterocycles. The van der Waals surface area contributed by atoms with Crippen molar-refractivity contribution in [3.63, 3.8) is 0 Å². The molecule has 0 radical (unpaired) electrons. The van der Waals surface area contributed by atoms with Crippen LogP contribution in [-0.4, -0.2) is 49.4 Å². The van der Waals surface area contributed by atoms with E-state index in [-0.39, 0.29) is 36.0 Å². The standard InChI is InChI=1S/C21H30N4O3.HI/c1-2-22-21(25-17-12-16-8-9-18(17)28-16)23-13-14-5-3-6-15(11-14)24-20(26)19-7-4-10-27-19;/h3,5-6,11,16-19H,2,4,7-10,12-13H2,1H3,(H,24,26)(H2,22,23,25);1H. The Morgan fingerprint density at radius 3 is 2.86 bits per heavy atom. The Hall–Kier alpha value is -1.39. The monoisotopic (exact) mass is 514 g/mol. The number of fused-ring (bicyclic) bond motifs is 2. The highest BCUT2D eigenvalue weighted by molar-refractivity contribution is 14.0. The van der Waals surface area contributed by atoms with Crippen LogP contribution < -0.4 is 16.0 Å². The van der Waals surface area contributed by atoms with E-state index in [1.165, 1.54) is 6.42 Å². The lowest BCUT2D eigenvalue weighted by Crippen LogP contribution is -2.47. The smallest absolute Gasteiger partial charge is 0.253 e. The maximum atomic E-state index is 12.2. The number of carbonyl (C=O) groups is 1. The van der Waals surface area contributed by atoms with Gasteiger partial charge >= 0.3 is 0 Å². The zero-order valence-electron chi connectivity index (χ0n) is 16.9. The lowest BCUT2D eigenvalue weighted by molar-refractivity contribution is -0.124. The second-order valence-electron chi connectivity index (χ2n) is 7.75. The number of amides is 1. The van der Waals surface area contributed by atoms with Gasteiger partial charge in [-0.1, -0.05) is 12.1 Å².